The highest BCUT2D eigenvalue weighted by Crippen LogP contribution is 2.14. The number of rotatable bonds is 1. The molecule has 1 amide bonds. The van der Waals surface area contributed by atoms with Crippen LogP contribution in [0.25, 0.3) is 0 Å². The second kappa shape index (κ2) is 3.67. The average molecular weight is 232 g/mol. The molecule has 64 valence electrons. The number of benzene rings is 1. The van der Waals surface area contributed by atoms with E-state index in [9.17, 15) is 9.18 Å². The van der Waals surface area contributed by atoms with E-state index in [1.54, 1.807) is 6.07 Å². The second-order valence-electron chi connectivity index (χ2n) is 2.20. The van der Waals surface area contributed by atoms with Gasteiger partial charge >= 0.3 is 0 Å². The predicted octanol–water partition coefficient (Wildman–Crippen LogP) is 1.95. The molecule has 0 bridgehead atoms. The monoisotopic (exact) mass is 231 g/mol. The minimum Gasteiger partial charge on any atom is -0.355 e. The Morgan fingerprint density at radius 3 is 2.83 bits per heavy atom. The Hall–Kier alpha value is -0.900. The van der Waals surface area contributed by atoms with Crippen LogP contribution in [0.2, 0.25) is 0 Å². The third-order valence-corrected chi connectivity index (χ3v) is 1.89. The summed E-state index contributed by atoms with van der Waals surface area (Å²) in [5.74, 6) is -0.939. The first kappa shape index (κ1) is 9.19. The van der Waals surface area contributed by atoms with Crippen LogP contribution < -0.4 is 5.32 Å². The summed E-state index contributed by atoms with van der Waals surface area (Å²) in [6.45, 7) is 0. The number of hydrogen-bond acceptors (Lipinski definition) is 1. The fraction of sp³-hybridized carbons (Fsp3) is 0.125. The highest BCUT2D eigenvalue weighted by atomic mass is 79.9. The fourth-order valence-electron chi connectivity index (χ4n) is 0.806. The molecular formula is C8H7BrFNO. The quantitative estimate of drug-likeness (QED) is 0.787. The van der Waals surface area contributed by atoms with Gasteiger partial charge in [-0.3, -0.25) is 4.79 Å². The van der Waals surface area contributed by atoms with Crippen molar-refractivity contribution in [3.63, 3.8) is 0 Å². The van der Waals surface area contributed by atoms with E-state index in [1.165, 1.54) is 19.2 Å². The smallest absolute Gasteiger partial charge is 0.254 e. The molecule has 12 heavy (non-hydrogen) atoms. The molecule has 0 heterocycles. The van der Waals surface area contributed by atoms with Crippen LogP contribution >= 0.6 is 15.9 Å². The standard InChI is InChI=1S/C8H7BrFNO/c1-11-8(12)6-4-5(9)2-3-7(6)10/h2-4H,1H3,(H,11,12). The van der Waals surface area contributed by atoms with E-state index in [1.807, 2.05) is 0 Å². The molecule has 0 aliphatic carbocycles. The summed E-state index contributed by atoms with van der Waals surface area (Å²) in [5, 5.41) is 2.35. The average Bonchev–Trinajstić information content (AvgIpc) is 2.08. The van der Waals surface area contributed by atoms with Gasteiger partial charge in [-0.2, -0.15) is 0 Å². The normalized spacial score (nSPS) is 9.58. The summed E-state index contributed by atoms with van der Waals surface area (Å²) in [6, 6.07) is 4.23. The molecule has 0 radical (unpaired) electrons. The summed E-state index contributed by atoms with van der Waals surface area (Å²) in [6.07, 6.45) is 0. The van der Waals surface area contributed by atoms with Gasteiger partial charge in [0.2, 0.25) is 0 Å². The molecule has 0 atom stereocenters. The van der Waals surface area contributed by atoms with E-state index in [4.69, 9.17) is 0 Å². The third kappa shape index (κ3) is 1.82. The van der Waals surface area contributed by atoms with Gasteiger partial charge in [0, 0.05) is 11.5 Å². The Balaban J connectivity index is 3.13. The molecule has 1 N–H and O–H groups in total. The molecule has 4 heteroatoms. The number of carbonyl (C=O) groups is 1. The van der Waals surface area contributed by atoms with Gasteiger partial charge in [0.1, 0.15) is 5.82 Å². The molecule has 1 aromatic rings. The molecular weight excluding hydrogens is 225 g/mol. The topological polar surface area (TPSA) is 29.1 Å². The van der Waals surface area contributed by atoms with Gasteiger partial charge in [-0.1, -0.05) is 15.9 Å². The van der Waals surface area contributed by atoms with Crippen molar-refractivity contribution >= 4 is 21.8 Å². The lowest BCUT2D eigenvalue weighted by molar-refractivity contribution is 0.0959. The van der Waals surface area contributed by atoms with Crippen LogP contribution in [0.15, 0.2) is 22.7 Å². The van der Waals surface area contributed by atoms with E-state index < -0.39 is 11.7 Å². The molecule has 0 saturated heterocycles. The zero-order valence-electron chi connectivity index (χ0n) is 6.40. The molecule has 2 nitrogen and oxygen atoms in total. The van der Waals surface area contributed by atoms with Crippen LogP contribution in [-0.4, -0.2) is 13.0 Å². The van der Waals surface area contributed by atoms with Gasteiger partial charge < -0.3 is 5.32 Å². The zero-order chi connectivity index (χ0) is 9.14. The Morgan fingerprint density at radius 2 is 2.25 bits per heavy atom. The van der Waals surface area contributed by atoms with Crippen LogP contribution in [0, 0.1) is 5.82 Å². The fourth-order valence-corrected chi connectivity index (χ4v) is 1.17. The van der Waals surface area contributed by atoms with Gasteiger partial charge in [0.05, 0.1) is 5.56 Å². The van der Waals surface area contributed by atoms with Gasteiger partial charge in [0.15, 0.2) is 0 Å². The molecule has 0 aliphatic rings. The number of halogens is 2. The van der Waals surface area contributed by atoms with Crippen molar-refractivity contribution in [3.8, 4) is 0 Å². The zero-order valence-corrected chi connectivity index (χ0v) is 7.98. The van der Waals surface area contributed by atoms with Gasteiger partial charge in [-0.15, -0.1) is 0 Å². The minimum absolute atomic E-state index is 0.0480. The lowest BCUT2D eigenvalue weighted by Gasteiger charge is -2.01. The van der Waals surface area contributed by atoms with E-state index in [0.717, 1.165) is 0 Å². The SMILES string of the molecule is CNC(=O)c1cc(Br)ccc1F. The van der Waals surface area contributed by atoms with Crippen molar-refractivity contribution in [3.05, 3.63) is 34.1 Å². The van der Waals surface area contributed by atoms with Crippen molar-refractivity contribution in [2.75, 3.05) is 7.05 Å². The maximum Gasteiger partial charge on any atom is 0.254 e. The van der Waals surface area contributed by atoms with E-state index in [2.05, 4.69) is 21.2 Å². The molecule has 0 aromatic heterocycles. The van der Waals surface area contributed by atoms with E-state index >= 15 is 0 Å². The van der Waals surface area contributed by atoms with Crippen molar-refractivity contribution in [2.24, 2.45) is 0 Å². The van der Waals surface area contributed by atoms with Crippen molar-refractivity contribution < 1.29 is 9.18 Å². The second-order valence-corrected chi connectivity index (χ2v) is 3.12. The summed E-state index contributed by atoms with van der Waals surface area (Å²) in [4.78, 5) is 11.0. The van der Waals surface area contributed by atoms with Crippen molar-refractivity contribution in [1.82, 2.24) is 5.32 Å². The molecule has 0 fully saturated rings. The summed E-state index contributed by atoms with van der Waals surface area (Å²) in [5.41, 5.74) is 0.0480. The van der Waals surface area contributed by atoms with Gasteiger partial charge in [-0.05, 0) is 18.2 Å². The van der Waals surface area contributed by atoms with Crippen LogP contribution in [0.3, 0.4) is 0 Å². The highest BCUT2D eigenvalue weighted by molar-refractivity contribution is 9.10. The number of nitrogens with one attached hydrogen (secondary N) is 1. The van der Waals surface area contributed by atoms with Crippen molar-refractivity contribution in [2.45, 2.75) is 0 Å². The molecule has 1 rings (SSSR count). The molecule has 0 saturated carbocycles. The third-order valence-electron chi connectivity index (χ3n) is 1.40. The van der Waals surface area contributed by atoms with Crippen molar-refractivity contribution in [1.29, 1.82) is 0 Å². The van der Waals surface area contributed by atoms with Crippen LogP contribution in [0.4, 0.5) is 4.39 Å². The Bertz CT molecular complexity index is 314. The predicted molar refractivity (Wildman–Crippen MR) is 47.5 cm³/mol. The van der Waals surface area contributed by atoms with Gasteiger partial charge in [-0.25, -0.2) is 4.39 Å². The summed E-state index contributed by atoms with van der Waals surface area (Å²) >= 11 is 3.15. The van der Waals surface area contributed by atoms with Crippen LogP contribution in [0.1, 0.15) is 10.4 Å². The molecule has 0 aliphatic heterocycles. The Kier molecular flexibility index (Phi) is 2.81. The first-order chi connectivity index (χ1) is 5.65. The van der Waals surface area contributed by atoms with Crippen LogP contribution in [0.5, 0.6) is 0 Å². The minimum atomic E-state index is -0.516. The first-order valence-corrected chi connectivity index (χ1v) is 4.11. The molecule has 0 spiro atoms. The number of carbonyl (C=O) groups excluding carboxylic acids is 1. The lowest BCUT2D eigenvalue weighted by atomic mass is 10.2. The first-order valence-electron chi connectivity index (χ1n) is 3.32. The van der Waals surface area contributed by atoms with Gasteiger partial charge in [0.25, 0.3) is 5.91 Å². The molecule has 1 aromatic carbocycles. The maximum absolute atomic E-state index is 12.9. The summed E-state index contributed by atoms with van der Waals surface area (Å²) < 4.78 is 13.6. The van der Waals surface area contributed by atoms with Crippen LogP contribution in [-0.2, 0) is 0 Å². The number of amides is 1. The maximum atomic E-state index is 12.9. The largest absolute Gasteiger partial charge is 0.355 e. The number of hydrogen-bond donors (Lipinski definition) is 1. The Morgan fingerprint density at radius 1 is 1.58 bits per heavy atom. The lowest BCUT2D eigenvalue weighted by Crippen LogP contribution is -2.19. The van der Waals surface area contributed by atoms with E-state index in [0.29, 0.717) is 4.47 Å². The summed E-state index contributed by atoms with van der Waals surface area (Å²) in [7, 11) is 1.46. The highest BCUT2D eigenvalue weighted by Gasteiger charge is 2.09. The Labute approximate surface area is 77.9 Å². The molecule has 0 unspecified atom stereocenters. The van der Waals surface area contributed by atoms with E-state index in [-0.39, 0.29) is 5.56 Å².